The highest BCUT2D eigenvalue weighted by atomic mass is 16.5. The molecule has 6 heteroatoms. The van der Waals surface area contributed by atoms with E-state index in [0.717, 1.165) is 27.9 Å². The van der Waals surface area contributed by atoms with Gasteiger partial charge in [-0.2, -0.15) is 0 Å². The molecule has 196 valence electrons. The maximum absolute atomic E-state index is 14.6. The molecule has 2 heterocycles. The number of nitrogens with zero attached hydrogens (tertiary/aromatic N) is 2. The number of para-hydroxylation sites is 1. The van der Waals surface area contributed by atoms with E-state index in [0.29, 0.717) is 37.6 Å². The molecular weight excluding hydrogens is 488 g/mol. The van der Waals surface area contributed by atoms with Crippen LogP contribution in [0.1, 0.15) is 34.8 Å². The Labute approximate surface area is 228 Å². The summed E-state index contributed by atoms with van der Waals surface area (Å²) in [6, 6.07) is 35.5. The first-order valence-electron chi connectivity index (χ1n) is 13.3. The van der Waals surface area contributed by atoms with Gasteiger partial charge in [0.1, 0.15) is 5.75 Å². The minimum absolute atomic E-state index is 0.0714. The van der Waals surface area contributed by atoms with Crippen molar-refractivity contribution < 1.29 is 19.4 Å². The monoisotopic (exact) mass is 518 g/mol. The van der Waals surface area contributed by atoms with Crippen molar-refractivity contribution in [1.29, 1.82) is 0 Å². The molecule has 0 saturated carbocycles. The van der Waals surface area contributed by atoms with Gasteiger partial charge in [-0.05, 0) is 47.0 Å². The van der Waals surface area contributed by atoms with Crippen molar-refractivity contribution in [2.45, 2.75) is 31.0 Å². The summed E-state index contributed by atoms with van der Waals surface area (Å²) in [7, 11) is 0. The normalized spacial score (nSPS) is 19.9. The largest absolute Gasteiger partial charge is 0.494 e. The van der Waals surface area contributed by atoms with Crippen molar-refractivity contribution in [1.82, 2.24) is 0 Å². The molecular formula is C33H30N2O4. The predicted octanol–water partition coefficient (Wildman–Crippen LogP) is 5.49. The van der Waals surface area contributed by atoms with E-state index in [4.69, 9.17) is 19.6 Å². The molecule has 2 atom stereocenters. The number of hydrogen-bond acceptors (Lipinski definition) is 5. The second-order valence-corrected chi connectivity index (χ2v) is 9.88. The van der Waals surface area contributed by atoms with E-state index in [9.17, 15) is 4.79 Å². The number of amides is 1. The van der Waals surface area contributed by atoms with Crippen LogP contribution in [0.15, 0.2) is 114 Å². The molecule has 4 aromatic rings. The highest BCUT2D eigenvalue weighted by molar-refractivity contribution is 6.08. The predicted molar refractivity (Wildman–Crippen MR) is 151 cm³/mol. The maximum atomic E-state index is 14.6. The number of carbonyl (C=O) groups excluding carboxylic acids is 1. The Balaban J connectivity index is 1.42. The van der Waals surface area contributed by atoms with E-state index >= 15 is 0 Å². The third kappa shape index (κ3) is 4.79. The van der Waals surface area contributed by atoms with Crippen molar-refractivity contribution in [2.24, 2.45) is 4.99 Å². The molecule has 0 bridgehead atoms. The highest BCUT2D eigenvalue weighted by Gasteiger charge is 2.57. The van der Waals surface area contributed by atoms with Gasteiger partial charge in [0.25, 0.3) is 5.91 Å². The van der Waals surface area contributed by atoms with Crippen LogP contribution in [0.4, 0.5) is 5.69 Å². The Morgan fingerprint density at radius 3 is 2.33 bits per heavy atom. The van der Waals surface area contributed by atoms with Crippen molar-refractivity contribution in [3.8, 4) is 5.75 Å². The third-order valence-electron chi connectivity index (χ3n) is 7.28. The topological polar surface area (TPSA) is 71.4 Å². The molecule has 2 aliphatic heterocycles. The van der Waals surface area contributed by atoms with Crippen LogP contribution in [-0.4, -0.2) is 35.7 Å². The molecule has 1 N–H and O–H groups in total. The number of aliphatic hydroxyl groups excluding tert-OH is 1. The average molecular weight is 519 g/mol. The Kier molecular flexibility index (Phi) is 6.86. The molecule has 6 rings (SSSR count). The van der Waals surface area contributed by atoms with Gasteiger partial charge in [0.15, 0.2) is 11.6 Å². The zero-order valence-electron chi connectivity index (χ0n) is 21.6. The average Bonchev–Trinajstić information content (AvgIpc) is 3.37. The van der Waals surface area contributed by atoms with E-state index < -0.39 is 11.6 Å². The Hall–Kier alpha value is -4.42. The highest BCUT2D eigenvalue weighted by Crippen LogP contribution is 2.48. The van der Waals surface area contributed by atoms with Gasteiger partial charge in [0.2, 0.25) is 5.90 Å². The lowest BCUT2D eigenvalue weighted by molar-refractivity contribution is -0.126. The Morgan fingerprint density at radius 2 is 1.59 bits per heavy atom. The summed E-state index contributed by atoms with van der Waals surface area (Å²) in [5.74, 6) is 1.08. The first kappa shape index (κ1) is 24.9. The number of anilines is 1. The van der Waals surface area contributed by atoms with E-state index in [1.807, 2.05) is 108 Å². The molecule has 39 heavy (non-hydrogen) atoms. The SMILES string of the molecule is O=C1N(Cc2ccccc2)c2ccccc2C[C@]12N=C(c1ccc(OCCCO)cc1)O[C@@H]2c1ccccc1. The van der Waals surface area contributed by atoms with Gasteiger partial charge < -0.3 is 19.5 Å². The summed E-state index contributed by atoms with van der Waals surface area (Å²) in [5.41, 5.74) is 3.58. The first-order chi connectivity index (χ1) is 19.2. The molecule has 0 aromatic heterocycles. The number of aliphatic hydroxyl groups is 1. The van der Waals surface area contributed by atoms with E-state index in [1.165, 1.54) is 0 Å². The van der Waals surface area contributed by atoms with E-state index in [1.54, 1.807) is 0 Å². The lowest BCUT2D eigenvalue weighted by atomic mass is 9.78. The summed E-state index contributed by atoms with van der Waals surface area (Å²) in [5, 5.41) is 9.01. The zero-order chi connectivity index (χ0) is 26.7. The lowest BCUT2D eigenvalue weighted by Gasteiger charge is -2.41. The molecule has 0 unspecified atom stereocenters. The van der Waals surface area contributed by atoms with Gasteiger partial charge in [-0.15, -0.1) is 0 Å². The first-order valence-corrected chi connectivity index (χ1v) is 13.3. The zero-order valence-corrected chi connectivity index (χ0v) is 21.6. The number of aliphatic imine (C=N–C) groups is 1. The van der Waals surface area contributed by atoms with Gasteiger partial charge in [-0.1, -0.05) is 78.9 Å². The number of hydrogen-bond donors (Lipinski definition) is 1. The van der Waals surface area contributed by atoms with Crippen LogP contribution in [0.3, 0.4) is 0 Å². The minimum atomic E-state index is -1.14. The van der Waals surface area contributed by atoms with Crippen LogP contribution < -0.4 is 9.64 Å². The van der Waals surface area contributed by atoms with Crippen molar-refractivity contribution >= 4 is 17.5 Å². The van der Waals surface area contributed by atoms with Crippen LogP contribution in [0.25, 0.3) is 0 Å². The molecule has 0 aliphatic carbocycles. The molecule has 6 nitrogen and oxygen atoms in total. The van der Waals surface area contributed by atoms with Crippen molar-refractivity contribution in [2.75, 3.05) is 18.1 Å². The number of carbonyl (C=O) groups is 1. The Morgan fingerprint density at radius 1 is 0.897 bits per heavy atom. The van der Waals surface area contributed by atoms with Crippen LogP contribution in [0.5, 0.6) is 5.75 Å². The van der Waals surface area contributed by atoms with Gasteiger partial charge in [-0.25, -0.2) is 4.99 Å². The summed E-state index contributed by atoms with van der Waals surface area (Å²) in [6.07, 6.45) is 0.439. The quantitative estimate of drug-likeness (QED) is 0.313. The fourth-order valence-corrected chi connectivity index (χ4v) is 5.38. The smallest absolute Gasteiger partial charge is 0.259 e. The van der Waals surface area contributed by atoms with Crippen molar-refractivity contribution in [3.63, 3.8) is 0 Å². The fraction of sp³-hybridized carbons (Fsp3) is 0.212. The number of ether oxygens (including phenoxy) is 2. The van der Waals surface area contributed by atoms with Crippen LogP contribution in [0, 0.1) is 0 Å². The molecule has 2 aliphatic rings. The fourth-order valence-electron chi connectivity index (χ4n) is 5.38. The number of rotatable bonds is 8. The number of benzene rings is 4. The second-order valence-electron chi connectivity index (χ2n) is 9.88. The second kappa shape index (κ2) is 10.8. The van der Waals surface area contributed by atoms with Crippen molar-refractivity contribution in [3.05, 3.63) is 131 Å². The van der Waals surface area contributed by atoms with Crippen LogP contribution in [0.2, 0.25) is 0 Å². The van der Waals surface area contributed by atoms with E-state index in [-0.39, 0.29) is 12.5 Å². The molecule has 0 saturated heterocycles. The molecule has 1 spiro atoms. The lowest BCUT2D eigenvalue weighted by Crippen LogP contribution is -2.54. The summed E-state index contributed by atoms with van der Waals surface area (Å²) in [4.78, 5) is 21.5. The Bertz CT molecular complexity index is 1470. The van der Waals surface area contributed by atoms with Gasteiger partial charge in [-0.3, -0.25) is 4.79 Å². The minimum Gasteiger partial charge on any atom is -0.494 e. The molecule has 0 fully saturated rings. The summed E-state index contributed by atoms with van der Waals surface area (Å²) in [6.45, 7) is 0.979. The van der Waals surface area contributed by atoms with Gasteiger partial charge in [0.05, 0.1) is 13.2 Å². The summed E-state index contributed by atoms with van der Waals surface area (Å²) < 4.78 is 12.3. The van der Waals surface area contributed by atoms with Crippen LogP contribution in [-0.2, 0) is 22.5 Å². The standard InChI is InChI=1S/C33H30N2O4/c36-20-9-21-38-28-18-16-26(17-19-28)31-34-33(30(39-31)25-12-5-2-6-13-25)22-27-14-7-8-15-29(27)35(32(33)37)23-24-10-3-1-4-11-24/h1-8,10-19,30,36H,9,20-23H2/t30-,33-/m1/s1. The molecule has 4 aromatic carbocycles. The number of fused-ring (bicyclic) bond motifs is 1. The summed E-state index contributed by atoms with van der Waals surface area (Å²) >= 11 is 0. The molecule has 0 radical (unpaired) electrons. The maximum Gasteiger partial charge on any atom is 0.259 e. The van der Waals surface area contributed by atoms with E-state index in [2.05, 4.69) is 6.07 Å². The van der Waals surface area contributed by atoms with Gasteiger partial charge >= 0.3 is 0 Å². The van der Waals surface area contributed by atoms with Crippen LogP contribution >= 0.6 is 0 Å². The van der Waals surface area contributed by atoms with Gasteiger partial charge in [0, 0.05) is 30.7 Å². The molecule has 1 amide bonds. The third-order valence-corrected chi connectivity index (χ3v) is 7.28.